The molecule has 1 aromatic rings. The van der Waals surface area contributed by atoms with Crippen LogP contribution < -0.4 is 10.6 Å². The third-order valence-electron chi connectivity index (χ3n) is 1.63. The van der Waals surface area contributed by atoms with Crippen molar-refractivity contribution in [1.29, 1.82) is 0 Å². The van der Waals surface area contributed by atoms with Crippen LogP contribution in [0, 0.1) is 0 Å². The van der Waals surface area contributed by atoms with E-state index in [2.05, 4.69) is 0 Å². The van der Waals surface area contributed by atoms with Gasteiger partial charge >= 0.3 is 0 Å². The molecule has 0 fully saturated rings. The second-order valence-electron chi connectivity index (χ2n) is 2.88. The van der Waals surface area contributed by atoms with Gasteiger partial charge in [0, 0.05) is 0 Å². The van der Waals surface area contributed by atoms with E-state index in [4.69, 9.17) is 15.5 Å². The van der Waals surface area contributed by atoms with E-state index in [9.17, 15) is 0 Å². The van der Waals surface area contributed by atoms with Gasteiger partial charge in [-0.2, -0.15) is 4.89 Å². The highest BCUT2D eigenvalue weighted by molar-refractivity contribution is 5.20. The molecule has 0 saturated heterocycles. The van der Waals surface area contributed by atoms with Crippen molar-refractivity contribution >= 4 is 0 Å². The van der Waals surface area contributed by atoms with Crippen LogP contribution in [0.3, 0.4) is 0 Å². The van der Waals surface area contributed by atoms with Gasteiger partial charge in [-0.3, -0.25) is 0 Å². The molecule has 2 N–H and O–H groups in total. The average Bonchev–Trinajstić information content (AvgIpc) is 2.17. The standard InChI is InChI=1S/C10H15NO2/c1-9(7-8-11)12-13-10-5-3-2-4-6-10/h2-6,9H,7-8,11H2,1H3. The van der Waals surface area contributed by atoms with Gasteiger partial charge in [0.25, 0.3) is 0 Å². The maximum Gasteiger partial charge on any atom is 0.165 e. The SMILES string of the molecule is CC(CCN)OOc1ccccc1. The van der Waals surface area contributed by atoms with Gasteiger partial charge in [-0.25, -0.2) is 0 Å². The number of nitrogens with two attached hydrogens (primary N) is 1. The van der Waals surface area contributed by atoms with Crippen LogP contribution >= 0.6 is 0 Å². The van der Waals surface area contributed by atoms with E-state index in [1.807, 2.05) is 37.3 Å². The van der Waals surface area contributed by atoms with Crippen LogP contribution in [0.4, 0.5) is 0 Å². The van der Waals surface area contributed by atoms with Crippen LogP contribution in [0.1, 0.15) is 13.3 Å². The van der Waals surface area contributed by atoms with Crippen molar-refractivity contribution in [2.45, 2.75) is 19.4 Å². The molecule has 1 unspecified atom stereocenters. The summed E-state index contributed by atoms with van der Waals surface area (Å²) in [7, 11) is 0. The molecule has 0 radical (unpaired) electrons. The number of benzene rings is 1. The van der Waals surface area contributed by atoms with Crippen molar-refractivity contribution in [3.63, 3.8) is 0 Å². The average molecular weight is 181 g/mol. The first-order chi connectivity index (χ1) is 6.33. The Kier molecular flexibility index (Phi) is 4.29. The van der Waals surface area contributed by atoms with Crippen LogP contribution in [-0.2, 0) is 4.89 Å². The van der Waals surface area contributed by atoms with E-state index in [0.717, 1.165) is 6.42 Å². The molecule has 0 aromatic heterocycles. The van der Waals surface area contributed by atoms with Gasteiger partial charge in [0.15, 0.2) is 5.75 Å². The highest BCUT2D eigenvalue weighted by Gasteiger charge is 2.01. The van der Waals surface area contributed by atoms with Crippen LogP contribution in [0.25, 0.3) is 0 Å². The Bertz CT molecular complexity index is 226. The highest BCUT2D eigenvalue weighted by atomic mass is 17.2. The predicted octanol–water partition coefficient (Wildman–Crippen LogP) is 1.73. The normalized spacial score (nSPS) is 12.5. The number of hydrogen-bond acceptors (Lipinski definition) is 3. The smallest absolute Gasteiger partial charge is 0.165 e. The molecular formula is C10H15NO2. The molecule has 0 aliphatic carbocycles. The predicted molar refractivity (Wildman–Crippen MR) is 51.3 cm³/mol. The molecule has 0 bridgehead atoms. The molecule has 1 rings (SSSR count). The van der Waals surface area contributed by atoms with Crippen molar-refractivity contribution in [2.24, 2.45) is 5.73 Å². The monoisotopic (exact) mass is 181 g/mol. The summed E-state index contributed by atoms with van der Waals surface area (Å²) in [5, 5.41) is 0. The zero-order chi connectivity index (χ0) is 9.52. The van der Waals surface area contributed by atoms with Crippen LogP contribution in [0.5, 0.6) is 5.75 Å². The first-order valence-corrected chi connectivity index (χ1v) is 4.41. The first kappa shape index (κ1) is 10.0. The fourth-order valence-corrected chi connectivity index (χ4v) is 0.897. The van der Waals surface area contributed by atoms with Gasteiger partial charge < -0.3 is 10.6 Å². The summed E-state index contributed by atoms with van der Waals surface area (Å²) >= 11 is 0. The maximum absolute atomic E-state index is 5.36. The minimum atomic E-state index is 0.0326. The second-order valence-corrected chi connectivity index (χ2v) is 2.88. The molecule has 0 amide bonds. The zero-order valence-corrected chi connectivity index (χ0v) is 7.77. The number of para-hydroxylation sites is 1. The molecule has 0 spiro atoms. The summed E-state index contributed by atoms with van der Waals surface area (Å²) in [6, 6.07) is 9.40. The molecule has 1 atom stereocenters. The lowest BCUT2D eigenvalue weighted by Gasteiger charge is -2.10. The van der Waals surface area contributed by atoms with Crippen molar-refractivity contribution < 1.29 is 9.78 Å². The Morgan fingerprint density at radius 2 is 2.00 bits per heavy atom. The van der Waals surface area contributed by atoms with Gasteiger partial charge in [0.2, 0.25) is 0 Å². The first-order valence-electron chi connectivity index (χ1n) is 4.41. The summed E-state index contributed by atoms with van der Waals surface area (Å²) in [4.78, 5) is 10.2. The second kappa shape index (κ2) is 5.56. The number of hydrogen-bond donors (Lipinski definition) is 1. The van der Waals surface area contributed by atoms with Crippen molar-refractivity contribution in [3.05, 3.63) is 30.3 Å². The molecule has 72 valence electrons. The molecule has 0 saturated carbocycles. The lowest BCUT2D eigenvalue weighted by molar-refractivity contribution is -0.240. The fourth-order valence-electron chi connectivity index (χ4n) is 0.897. The van der Waals surface area contributed by atoms with Crippen LogP contribution in [0.15, 0.2) is 30.3 Å². The van der Waals surface area contributed by atoms with E-state index in [0.29, 0.717) is 12.3 Å². The van der Waals surface area contributed by atoms with Gasteiger partial charge in [-0.15, -0.1) is 0 Å². The number of rotatable bonds is 5. The molecule has 13 heavy (non-hydrogen) atoms. The highest BCUT2D eigenvalue weighted by Crippen LogP contribution is 2.10. The lowest BCUT2D eigenvalue weighted by atomic mass is 10.3. The fraction of sp³-hybridized carbons (Fsp3) is 0.400. The minimum Gasteiger partial charge on any atom is -0.337 e. The summed E-state index contributed by atoms with van der Waals surface area (Å²) < 4.78 is 0. The molecule has 1 aromatic carbocycles. The van der Waals surface area contributed by atoms with Crippen LogP contribution in [0.2, 0.25) is 0 Å². The van der Waals surface area contributed by atoms with Crippen LogP contribution in [-0.4, -0.2) is 12.6 Å². The molecule has 0 heterocycles. The molecule has 3 heteroatoms. The van der Waals surface area contributed by atoms with Gasteiger partial charge in [-0.05, 0) is 32.0 Å². The maximum atomic E-state index is 5.36. The van der Waals surface area contributed by atoms with E-state index in [1.54, 1.807) is 0 Å². The van der Waals surface area contributed by atoms with Crippen molar-refractivity contribution in [2.75, 3.05) is 6.54 Å². The Balaban J connectivity index is 2.27. The van der Waals surface area contributed by atoms with Crippen molar-refractivity contribution in [1.82, 2.24) is 0 Å². The summed E-state index contributed by atoms with van der Waals surface area (Å²) in [6.07, 6.45) is 0.831. The molecular weight excluding hydrogens is 166 g/mol. The third-order valence-corrected chi connectivity index (χ3v) is 1.63. The Labute approximate surface area is 78.4 Å². The van der Waals surface area contributed by atoms with Crippen molar-refractivity contribution in [3.8, 4) is 5.75 Å². The molecule has 3 nitrogen and oxygen atoms in total. The Hall–Kier alpha value is -1.06. The topological polar surface area (TPSA) is 44.5 Å². The van der Waals surface area contributed by atoms with E-state index < -0.39 is 0 Å². The van der Waals surface area contributed by atoms with E-state index in [-0.39, 0.29) is 6.10 Å². The summed E-state index contributed by atoms with van der Waals surface area (Å²) in [6.45, 7) is 2.54. The van der Waals surface area contributed by atoms with Gasteiger partial charge in [0.1, 0.15) is 6.10 Å². The lowest BCUT2D eigenvalue weighted by Crippen LogP contribution is -2.15. The quantitative estimate of drug-likeness (QED) is 0.555. The Morgan fingerprint density at radius 1 is 1.31 bits per heavy atom. The summed E-state index contributed by atoms with van der Waals surface area (Å²) in [5.41, 5.74) is 5.36. The summed E-state index contributed by atoms with van der Waals surface area (Å²) in [5.74, 6) is 0.714. The third kappa shape index (κ3) is 3.92. The molecule has 0 aliphatic rings. The zero-order valence-electron chi connectivity index (χ0n) is 7.77. The largest absolute Gasteiger partial charge is 0.337 e. The van der Waals surface area contributed by atoms with Gasteiger partial charge in [0.05, 0.1) is 0 Å². The van der Waals surface area contributed by atoms with Gasteiger partial charge in [-0.1, -0.05) is 18.2 Å². The molecule has 0 aliphatic heterocycles. The van der Waals surface area contributed by atoms with E-state index in [1.165, 1.54) is 0 Å². The van der Waals surface area contributed by atoms with E-state index >= 15 is 0 Å². The Morgan fingerprint density at radius 3 is 2.62 bits per heavy atom. The minimum absolute atomic E-state index is 0.0326.